The van der Waals surface area contributed by atoms with Crippen LogP contribution in [0.3, 0.4) is 0 Å². The van der Waals surface area contributed by atoms with Gasteiger partial charge >= 0.3 is 0 Å². The Labute approximate surface area is 109 Å². The van der Waals surface area contributed by atoms with E-state index in [0.717, 1.165) is 12.1 Å². The van der Waals surface area contributed by atoms with E-state index in [0.29, 0.717) is 11.4 Å². The smallest absolute Gasteiger partial charge is 0.162 e. The number of benzene rings is 1. The first-order chi connectivity index (χ1) is 9.02. The van der Waals surface area contributed by atoms with Crippen molar-refractivity contribution >= 4 is 0 Å². The van der Waals surface area contributed by atoms with E-state index in [9.17, 15) is 13.9 Å². The van der Waals surface area contributed by atoms with Crippen molar-refractivity contribution in [2.45, 2.75) is 12.5 Å². The molecule has 0 fully saturated rings. The first-order valence-electron chi connectivity index (χ1n) is 5.70. The fourth-order valence-corrected chi connectivity index (χ4v) is 1.96. The maximum absolute atomic E-state index is 13.5. The van der Waals surface area contributed by atoms with Crippen LogP contribution >= 0.6 is 0 Å². The highest BCUT2D eigenvalue weighted by Gasteiger charge is 2.20. The minimum atomic E-state index is -0.984. The van der Waals surface area contributed by atoms with E-state index in [-0.39, 0.29) is 12.0 Å². The summed E-state index contributed by atoms with van der Waals surface area (Å²) in [5, 5.41) is 14.1. The highest BCUT2D eigenvalue weighted by Crippen LogP contribution is 2.27. The van der Waals surface area contributed by atoms with E-state index in [1.807, 2.05) is 0 Å². The molecule has 0 saturated heterocycles. The standard InChI is InChI=1S/C13H14F2N2O2/c1-17-13(12(19-2)7-16-17)11(18)5-8-3-4-9(14)6-10(8)15/h3-4,6-7,11,18H,5H2,1-2H3. The van der Waals surface area contributed by atoms with Crippen molar-refractivity contribution in [1.82, 2.24) is 9.78 Å². The monoisotopic (exact) mass is 268 g/mol. The molecule has 102 valence electrons. The van der Waals surface area contributed by atoms with Gasteiger partial charge in [0.25, 0.3) is 0 Å². The molecule has 19 heavy (non-hydrogen) atoms. The Morgan fingerprint density at radius 1 is 1.42 bits per heavy atom. The first-order valence-corrected chi connectivity index (χ1v) is 5.70. The highest BCUT2D eigenvalue weighted by atomic mass is 19.1. The summed E-state index contributed by atoms with van der Waals surface area (Å²) < 4.78 is 32.9. The van der Waals surface area contributed by atoms with Crippen LogP contribution in [0.4, 0.5) is 8.78 Å². The predicted molar refractivity (Wildman–Crippen MR) is 64.8 cm³/mol. The number of halogens is 2. The largest absolute Gasteiger partial charge is 0.493 e. The molecular formula is C13H14F2N2O2. The zero-order valence-corrected chi connectivity index (χ0v) is 10.6. The maximum Gasteiger partial charge on any atom is 0.162 e. The molecule has 0 saturated carbocycles. The first kappa shape index (κ1) is 13.5. The number of aryl methyl sites for hydroxylation is 1. The number of ether oxygens (including phenoxy) is 1. The SMILES string of the molecule is COc1cnn(C)c1C(O)Cc1ccc(F)cc1F. The molecule has 0 bridgehead atoms. The molecule has 2 rings (SSSR count). The Kier molecular flexibility index (Phi) is 3.80. The molecule has 0 aliphatic rings. The Morgan fingerprint density at radius 3 is 2.79 bits per heavy atom. The van der Waals surface area contributed by atoms with Gasteiger partial charge in [-0.3, -0.25) is 4.68 Å². The van der Waals surface area contributed by atoms with Gasteiger partial charge in [-0.2, -0.15) is 5.10 Å². The minimum Gasteiger partial charge on any atom is -0.493 e. The lowest BCUT2D eigenvalue weighted by molar-refractivity contribution is 0.163. The topological polar surface area (TPSA) is 47.3 Å². The van der Waals surface area contributed by atoms with Crippen LogP contribution in [0.5, 0.6) is 5.75 Å². The molecule has 1 N–H and O–H groups in total. The van der Waals surface area contributed by atoms with Gasteiger partial charge in [-0.1, -0.05) is 6.07 Å². The van der Waals surface area contributed by atoms with E-state index in [4.69, 9.17) is 4.74 Å². The van der Waals surface area contributed by atoms with Crippen molar-refractivity contribution in [3.63, 3.8) is 0 Å². The number of nitrogens with zero attached hydrogens (tertiary/aromatic N) is 2. The average Bonchev–Trinajstić information content (AvgIpc) is 2.74. The number of hydrogen-bond acceptors (Lipinski definition) is 3. The lowest BCUT2D eigenvalue weighted by Gasteiger charge is -2.13. The van der Waals surface area contributed by atoms with Crippen molar-refractivity contribution in [1.29, 1.82) is 0 Å². The second kappa shape index (κ2) is 5.36. The molecule has 1 aromatic heterocycles. The fraction of sp³-hybridized carbons (Fsp3) is 0.308. The van der Waals surface area contributed by atoms with Crippen molar-refractivity contribution in [2.24, 2.45) is 7.05 Å². The van der Waals surface area contributed by atoms with Gasteiger partial charge in [-0.05, 0) is 11.6 Å². The molecule has 1 aromatic carbocycles. The van der Waals surface area contributed by atoms with Crippen LogP contribution in [0.2, 0.25) is 0 Å². The van der Waals surface area contributed by atoms with E-state index < -0.39 is 17.7 Å². The van der Waals surface area contributed by atoms with Gasteiger partial charge in [0.2, 0.25) is 0 Å². The quantitative estimate of drug-likeness (QED) is 0.922. The van der Waals surface area contributed by atoms with Gasteiger partial charge < -0.3 is 9.84 Å². The van der Waals surface area contributed by atoms with Crippen LogP contribution in [-0.4, -0.2) is 22.0 Å². The zero-order valence-electron chi connectivity index (χ0n) is 10.6. The lowest BCUT2D eigenvalue weighted by Crippen LogP contribution is -2.10. The van der Waals surface area contributed by atoms with Gasteiger partial charge in [-0.25, -0.2) is 8.78 Å². The highest BCUT2D eigenvalue weighted by molar-refractivity contribution is 5.29. The summed E-state index contributed by atoms with van der Waals surface area (Å²) in [5.74, 6) is -0.897. The molecule has 0 aliphatic carbocycles. The van der Waals surface area contributed by atoms with Gasteiger partial charge in [0.15, 0.2) is 5.75 Å². The summed E-state index contributed by atoms with van der Waals surface area (Å²) in [7, 11) is 3.12. The molecule has 0 aliphatic heterocycles. The molecule has 1 atom stereocenters. The van der Waals surface area contributed by atoms with Crippen molar-refractivity contribution in [2.75, 3.05) is 7.11 Å². The Bertz CT molecular complexity index is 584. The second-order valence-corrected chi connectivity index (χ2v) is 4.18. The molecule has 6 heteroatoms. The van der Waals surface area contributed by atoms with Gasteiger partial charge in [0.05, 0.1) is 13.3 Å². The Hall–Kier alpha value is -1.95. The summed E-state index contributed by atoms with van der Waals surface area (Å²) in [5.41, 5.74) is 0.684. The van der Waals surface area contributed by atoms with E-state index in [1.54, 1.807) is 7.05 Å². The second-order valence-electron chi connectivity index (χ2n) is 4.18. The lowest BCUT2D eigenvalue weighted by atomic mass is 10.0. The third kappa shape index (κ3) is 2.73. The molecule has 0 radical (unpaired) electrons. The van der Waals surface area contributed by atoms with E-state index >= 15 is 0 Å². The van der Waals surface area contributed by atoms with Gasteiger partial charge in [0.1, 0.15) is 23.4 Å². The molecule has 4 nitrogen and oxygen atoms in total. The Balaban J connectivity index is 2.25. The van der Waals surface area contributed by atoms with Crippen molar-refractivity contribution in [3.05, 3.63) is 47.3 Å². The van der Waals surface area contributed by atoms with Gasteiger partial charge in [-0.15, -0.1) is 0 Å². The molecule has 0 spiro atoms. The van der Waals surface area contributed by atoms with Crippen LogP contribution in [0.15, 0.2) is 24.4 Å². The Morgan fingerprint density at radius 2 is 2.16 bits per heavy atom. The number of hydrogen-bond donors (Lipinski definition) is 1. The van der Waals surface area contributed by atoms with E-state index in [1.165, 1.54) is 24.1 Å². The molecule has 1 unspecified atom stereocenters. The summed E-state index contributed by atoms with van der Waals surface area (Å²) in [6.07, 6.45) is 0.504. The maximum atomic E-state index is 13.5. The molecular weight excluding hydrogens is 254 g/mol. The zero-order chi connectivity index (χ0) is 14.0. The predicted octanol–water partition coefficient (Wildman–Crippen LogP) is 1.98. The molecule has 1 heterocycles. The normalized spacial score (nSPS) is 12.5. The number of aromatic nitrogens is 2. The molecule has 2 aromatic rings. The minimum absolute atomic E-state index is 0.0159. The van der Waals surface area contributed by atoms with Gasteiger partial charge in [0, 0.05) is 19.5 Å². The number of aliphatic hydroxyl groups excluding tert-OH is 1. The number of aliphatic hydroxyl groups is 1. The molecule has 0 amide bonds. The van der Waals surface area contributed by atoms with Crippen LogP contribution in [0.1, 0.15) is 17.4 Å². The third-order valence-electron chi connectivity index (χ3n) is 2.91. The van der Waals surface area contributed by atoms with Crippen LogP contribution in [-0.2, 0) is 13.5 Å². The summed E-state index contributed by atoms with van der Waals surface area (Å²) in [6, 6.07) is 3.27. The third-order valence-corrected chi connectivity index (χ3v) is 2.91. The van der Waals surface area contributed by atoms with Crippen LogP contribution in [0, 0.1) is 11.6 Å². The summed E-state index contributed by atoms with van der Waals surface area (Å²) in [4.78, 5) is 0. The summed E-state index contributed by atoms with van der Waals surface area (Å²) in [6.45, 7) is 0. The fourth-order valence-electron chi connectivity index (χ4n) is 1.96. The van der Waals surface area contributed by atoms with E-state index in [2.05, 4.69) is 5.10 Å². The van der Waals surface area contributed by atoms with Crippen LogP contribution in [0.25, 0.3) is 0 Å². The average molecular weight is 268 g/mol. The summed E-state index contributed by atoms with van der Waals surface area (Å²) >= 11 is 0. The van der Waals surface area contributed by atoms with Crippen LogP contribution < -0.4 is 4.74 Å². The number of methoxy groups -OCH3 is 1. The van der Waals surface area contributed by atoms with Crippen molar-refractivity contribution < 1.29 is 18.6 Å². The number of rotatable bonds is 4. The van der Waals surface area contributed by atoms with Crippen molar-refractivity contribution in [3.8, 4) is 5.75 Å².